The van der Waals surface area contributed by atoms with E-state index in [1.807, 2.05) is 22.9 Å². The third kappa shape index (κ3) is 3.59. The van der Waals surface area contributed by atoms with Gasteiger partial charge in [0.25, 0.3) is 5.91 Å². The fraction of sp³-hybridized carbons (Fsp3) is 0.370. The van der Waals surface area contributed by atoms with Crippen LogP contribution in [0.5, 0.6) is 11.5 Å². The van der Waals surface area contributed by atoms with E-state index in [-0.39, 0.29) is 23.5 Å². The smallest absolute Gasteiger partial charge is 0.252 e. The minimum atomic E-state index is -0.158. The second kappa shape index (κ2) is 8.73. The van der Waals surface area contributed by atoms with E-state index in [1.165, 1.54) is 28.0 Å². The summed E-state index contributed by atoms with van der Waals surface area (Å²) in [5.74, 6) is 1.61. The standard InChI is InChI=1S/C27H28N2O4S/c1-31-25-24(28-26(30)19-8-13-34-16-19)20-4-2-3-5-21(20)27(25)9-11-29(12-10-27)15-18-6-7-22-23(14-18)33-17-32-22/h2-8,13-14,16,24-25H,9-12,15,17H2,1H3,(H,28,30)/t24-,25+/m1/s1. The molecule has 1 saturated heterocycles. The molecule has 1 spiro atoms. The van der Waals surface area contributed by atoms with Gasteiger partial charge >= 0.3 is 0 Å². The molecule has 1 fully saturated rings. The zero-order chi connectivity index (χ0) is 23.1. The van der Waals surface area contributed by atoms with Crippen molar-refractivity contribution in [2.45, 2.75) is 36.9 Å². The van der Waals surface area contributed by atoms with E-state index >= 15 is 0 Å². The number of amides is 1. The number of ether oxygens (including phenoxy) is 3. The zero-order valence-electron chi connectivity index (χ0n) is 19.2. The van der Waals surface area contributed by atoms with Crippen molar-refractivity contribution in [2.24, 2.45) is 0 Å². The molecule has 1 aliphatic carbocycles. The van der Waals surface area contributed by atoms with Crippen molar-refractivity contribution in [1.29, 1.82) is 0 Å². The van der Waals surface area contributed by atoms with Gasteiger partial charge < -0.3 is 19.5 Å². The van der Waals surface area contributed by atoms with Crippen LogP contribution in [0.3, 0.4) is 0 Å². The summed E-state index contributed by atoms with van der Waals surface area (Å²) in [6.45, 7) is 3.11. The molecule has 34 heavy (non-hydrogen) atoms. The summed E-state index contributed by atoms with van der Waals surface area (Å²) >= 11 is 1.53. The lowest BCUT2D eigenvalue weighted by Gasteiger charge is -2.44. The van der Waals surface area contributed by atoms with Crippen LogP contribution in [0.2, 0.25) is 0 Å². The first-order chi connectivity index (χ1) is 16.7. The Kier molecular flexibility index (Phi) is 5.56. The van der Waals surface area contributed by atoms with Crippen LogP contribution in [-0.2, 0) is 16.7 Å². The Morgan fingerprint density at radius 3 is 2.76 bits per heavy atom. The number of hydrogen-bond donors (Lipinski definition) is 1. The van der Waals surface area contributed by atoms with Crippen molar-refractivity contribution >= 4 is 17.2 Å². The van der Waals surface area contributed by atoms with E-state index in [0.717, 1.165) is 44.0 Å². The molecule has 0 radical (unpaired) electrons. The first-order valence-electron chi connectivity index (χ1n) is 11.7. The number of carbonyl (C=O) groups is 1. The molecule has 0 saturated carbocycles. The summed E-state index contributed by atoms with van der Waals surface area (Å²) in [5.41, 5.74) is 4.33. The fourth-order valence-electron chi connectivity index (χ4n) is 5.95. The Morgan fingerprint density at radius 1 is 1.15 bits per heavy atom. The van der Waals surface area contributed by atoms with E-state index in [9.17, 15) is 4.79 Å². The Morgan fingerprint density at radius 2 is 1.97 bits per heavy atom. The summed E-state index contributed by atoms with van der Waals surface area (Å²) < 4.78 is 17.2. The highest BCUT2D eigenvalue weighted by molar-refractivity contribution is 7.08. The maximum atomic E-state index is 13.0. The van der Waals surface area contributed by atoms with Gasteiger partial charge in [-0.25, -0.2) is 0 Å². The second-order valence-electron chi connectivity index (χ2n) is 9.33. The van der Waals surface area contributed by atoms with E-state index in [4.69, 9.17) is 14.2 Å². The first kappa shape index (κ1) is 21.6. The second-order valence-corrected chi connectivity index (χ2v) is 10.1. The highest BCUT2D eigenvalue weighted by Crippen LogP contribution is 2.52. The molecule has 2 aliphatic heterocycles. The molecule has 1 amide bonds. The summed E-state index contributed by atoms with van der Waals surface area (Å²) in [5, 5.41) is 7.11. The molecule has 2 aromatic carbocycles. The Labute approximate surface area is 203 Å². The van der Waals surface area contributed by atoms with Gasteiger partial charge in [-0.15, -0.1) is 0 Å². The molecule has 1 N–H and O–H groups in total. The number of likely N-dealkylation sites (tertiary alicyclic amines) is 1. The van der Waals surface area contributed by atoms with Crippen molar-refractivity contribution in [3.05, 3.63) is 81.5 Å². The molecular weight excluding hydrogens is 448 g/mol. The number of nitrogens with zero attached hydrogens (tertiary/aromatic N) is 1. The van der Waals surface area contributed by atoms with Crippen molar-refractivity contribution in [3.63, 3.8) is 0 Å². The van der Waals surface area contributed by atoms with Gasteiger partial charge in [0.2, 0.25) is 6.79 Å². The van der Waals surface area contributed by atoms with E-state index in [1.54, 1.807) is 7.11 Å². The summed E-state index contributed by atoms with van der Waals surface area (Å²) in [6, 6.07) is 16.5. The first-order valence-corrected chi connectivity index (χ1v) is 12.7. The minimum Gasteiger partial charge on any atom is -0.454 e. The largest absolute Gasteiger partial charge is 0.454 e. The molecule has 0 bridgehead atoms. The highest BCUT2D eigenvalue weighted by Gasteiger charge is 2.54. The van der Waals surface area contributed by atoms with E-state index < -0.39 is 0 Å². The summed E-state index contributed by atoms with van der Waals surface area (Å²) in [7, 11) is 1.78. The molecule has 176 valence electrons. The quantitative estimate of drug-likeness (QED) is 0.587. The van der Waals surface area contributed by atoms with Gasteiger partial charge in [0.15, 0.2) is 11.5 Å². The van der Waals surface area contributed by atoms with Crippen LogP contribution in [-0.4, -0.2) is 43.9 Å². The molecular formula is C27H28N2O4S. The Bertz CT molecular complexity index is 1190. The van der Waals surface area contributed by atoms with E-state index in [0.29, 0.717) is 12.4 Å². The molecule has 1 aromatic heterocycles. The predicted octanol–water partition coefficient (Wildman–Crippen LogP) is 4.51. The van der Waals surface area contributed by atoms with Crippen LogP contribution in [0, 0.1) is 0 Å². The SMILES string of the molecule is CO[C@H]1[C@H](NC(=O)c2ccsc2)c2ccccc2C12CCN(Cc1ccc3c(c1)OCO3)CC2. The summed E-state index contributed by atoms with van der Waals surface area (Å²) in [4.78, 5) is 15.4. The molecule has 3 aromatic rings. The maximum Gasteiger partial charge on any atom is 0.252 e. The maximum absolute atomic E-state index is 13.0. The van der Waals surface area contributed by atoms with Crippen molar-refractivity contribution in [1.82, 2.24) is 10.2 Å². The monoisotopic (exact) mass is 476 g/mol. The van der Waals surface area contributed by atoms with Gasteiger partial charge in [-0.2, -0.15) is 11.3 Å². The molecule has 0 unspecified atom stereocenters. The normalized spacial score (nSPS) is 22.6. The number of methoxy groups -OCH3 is 1. The third-order valence-electron chi connectivity index (χ3n) is 7.59. The van der Waals surface area contributed by atoms with Gasteiger partial charge in [-0.1, -0.05) is 30.3 Å². The van der Waals surface area contributed by atoms with Crippen LogP contribution >= 0.6 is 11.3 Å². The lowest BCUT2D eigenvalue weighted by atomic mass is 9.72. The number of benzene rings is 2. The van der Waals surface area contributed by atoms with Crippen molar-refractivity contribution in [3.8, 4) is 11.5 Å². The number of carbonyl (C=O) groups excluding carboxylic acids is 1. The van der Waals surface area contributed by atoms with Crippen molar-refractivity contribution < 1.29 is 19.0 Å². The number of rotatable bonds is 5. The molecule has 7 heteroatoms. The van der Waals surface area contributed by atoms with Gasteiger partial charge in [0, 0.05) is 24.4 Å². The van der Waals surface area contributed by atoms with Crippen LogP contribution in [0.25, 0.3) is 0 Å². The zero-order valence-corrected chi connectivity index (χ0v) is 20.0. The Hall–Kier alpha value is -2.87. The number of nitrogens with one attached hydrogen (secondary N) is 1. The Balaban J connectivity index is 1.22. The molecule has 3 heterocycles. The molecule has 6 nitrogen and oxygen atoms in total. The van der Waals surface area contributed by atoms with Crippen LogP contribution < -0.4 is 14.8 Å². The fourth-order valence-corrected chi connectivity index (χ4v) is 6.59. The average Bonchev–Trinajstić information content (AvgIpc) is 3.61. The number of thiophene rings is 1. The summed E-state index contributed by atoms with van der Waals surface area (Å²) in [6.07, 6.45) is 1.87. The minimum absolute atomic E-state index is 0.0413. The highest BCUT2D eigenvalue weighted by atomic mass is 32.1. The van der Waals surface area contributed by atoms with Crippen LogP contribution in [0.4, 0.5) is 0 Å². The van der Waals surface area contributed by atoms with Crippen LogP contribution in [0.1, 0.15) is 45.9 Å². The topological polar surface area (TPSA) is 60.0 Å². The van der Waals surface area contributed by atoms with Gasteiger partial charge in [0.05, 0.1) is 17.7 Å². The average molecular weight is 477 g/mol. The number of hydrogen-bond acceptors (Lipinski definition) is 6. The number of piperidine rings is 1. The molecule has 6 rings (SSSR count). The van der Waals surface area contributed by atoms with Crippen LogP contribution in [0.15, 0.2) is 59.3 Å². The predicted molar refractivity (Wildman–Crippen MR) is 131 cm³/mol. The van der Waals surface area contributed by atoms with Gasteiger partial charge in [-0.3, -0.25) is 9.69 Å². The molecule has 3 aliphatic rings. The van der Waals surface area contributed by atoms with Gasteiger partial charge in [-0.05, 0) is 66.2 Å². The number of fused-ring (bicyclic) bond motifs is 3. The third-order valence-corrected chi connectivity index (χ3v) is 8.28. The lowest BCUT2D eigenvalue weighted by Crippen LogP contribution is -2.50. The van der Waals surface area contributed by atoms with Gasteiger partial charge in [0.1, 0.15) is 0 Å². The van der Waals surface area contributed by atoms with Crippen molar-refractivity contribution in [2.75, 3.05) is 27.0 Å². The lowest BCUT2D eigenvalue weighted by molar-refractivity contribution is -0.0122. The van der Waals surface area contributed by atoms with E-state index in [2.05, 4.69) is 46.6 Å². The molecule has 2 atom stereocenters.